The fraction of sp³-hybridized carbons (Fsp3) is 0.812. The molecule has 2 saturated carbocycles. The van der Waals surface area contributed by atoms with Gasteiger partial charge in [-0.3, -0.25) is 0 Å². The molecule has 0 bridgehead atoms. The highest BCUT2D eigenvalue weighted by Crippen LogP contribution is 2.55. The molecule has 0 aromatic carbocycles. The number of hydrogen-bond donors (Lipinski definition) is 1. The molecule has 0 amide bonds. The third-order valence-corrected chi connectivity index (χ3v) is 5.35. The number of rotatable bonds is 3. The molecule has 1 N–H and O–H groups in total. The molecular weight excluding hydrogens is 354 g/mol. The zero-order valence-electron chi connectivity index (χ0n) is 13.6. The number of fused-ring (bicyclic) bond motifs is 1. The van der Waals surface area contributed by atoms with Gasteiger partial charge in [-0.15, -0.1) is 0 Å². The number of alkyl halides is 6. The van der Waals surface area contributed by atoms with Crippen LogP contribution in [0, 0.1) is 17.8 Å². The summed E-state index contributed by atoms with van der Waals surface area (Å²) in [5.74, 6) is -3.13. The summed E-state index contributed by atoms with van der Waals surface area (Å²) in [6.45, 7) is 4.88. The van der Waals surface area contributed by atoms with Crippen molar-refractivity contribution in [3.8, 4) is 0 Å². The van der Waals surface area contributed by atoms with Gasteiger partial charge in [0.25, 0.3) is 5.60 Å². The Morgan fingerprint density at radius 2 is 1.52 bits per heavy atom. The lowest BCUT2D eigenvalue weighted by atomic mass is 9.69. The van der Waals surface area contributed by atoms with Crippen LogP contribution in [-0.4, -0.2) is 35.1 Å². The predicted molar refractivity (Wildman–Crippen MR) is 75.3 cm³/mol. The zero-order valence-corrected chi connectivity index (χ0v) is 13.6. The maximum atomic E-state index is 13.0. The van der Waals surface area contributed by atoms with Crippen molar-refractivity contribution in [1.82, 2.24) is 0 Å². The van der Waals surface area contributed by atoms with E-state index in [2.05, 4.69) is 6.58 Å². The van der Waals surface area contributed by atoms with Crippen molar-refractivity contribution in [3.05, 3.63) is 12.2 Å². The molecule has 0 aromatic rings. The molecule has 0 heterocycles. The molecule has 2 aliphatic rings. The van der Waals surface area contributed by atoms with Crippen LogP contribution in [-0.2, 0) is 9.53 Å². The number of aliphatic hydroxyl groups is 1. The number of esters is 1. The fourth-order valence-electron chi connectivity index (χ4n) is 4.05. The van der Waals surface area contributed by atoms with Gasteiger partial charge < -0.3 is 9.84 Å². The van der Waals surface area contributed by atoms with Crippen LogP contribution in [0.1, 0.15) is 39.0 Å². The van der Waals surface area contributed by atoms with Crippen LogP contribution >= 0.6 is 0 Å². The van der Waals surface area contributed by atoms with E-state index in [9.17, 15) is 36.2 Å². The van der Waals surface area contributed by atoms with Gasteiger partial charge in [-0.25, -0.2) is 4.79 Å². The first-order valence-corrected chi connectivity index (χ1v) is 7.99. The van der Waals surface area contributed by atoms with Gasteiger partial charge in [-0.1, -0.05) is 6.58 Å². The molecule has 3 nitrogen and oxygen atoms in total. The minimum atomic E-state index is -5.80. The van der Waals surface area contributed by atoms with Crippen molar-refractivity contribution in [2.45, 2.75) is 63.1 Å². The Morgan fingerprint density at radius 3 is 2.00 bits per heavy atom. The standard InChI is InChI=1S/C16H20F6O3/c1-8(2)13(23)25-12-6-9-3-4-11(5-10(9)7-12)14(24,15(17,18)19)16(20,21)22/h9-12,24H,1,3-7H2,2H3. The summed E-state index contributed by atoms with van der Waals surface area (Å²) in [6.07, 6.45) is -12.2. The first kappa shape index (κ1) is 20.1. The molecule has 0 aromatic heterocycles. The average Bonchev–Trinajstić information content (AvgIpc) is 2.84. The summed E-state index contributed by atoms with van der Waals surface area (Å²) in [7, 11) is 0. The zero-order chi connectivity index (χ0) is 19.2. The normalized spacial score (nSPS) is 30.7. The van der Waals surface area contributed by atoms with Crippen LogP contribution in [0.2, 0.25) is 0 Å². The largest absolute Gasteiger partial charge is 0.459 e. The monoisotopic (exact) mass is 374 g/mol. The van der Waals surface area contributed by atoms with Crippen LogP contribution in [0.4, 0.5) is 26.3 Å². The van der Waals surface area contributed by atoms with Crippen molar-refractivity contribution < 1.29 is 41.0 Å². The Balaban J connectivity index is 2.12. The molecule has 2 rings (SSSR count). The molecule has 0 aliphatic heterocycles. The minimum absolute atomic E-state index is 0.107. The molecule has 2 fully saturated rings. The average molecular weight is 374 g/mol. The van der Waals surface area contributed by atoms with E-state index in [1.807, 2.05) is 0 Å². The summed E-state index contributed by atoms with van der Waals surface area (Å²) in [6, 6.07) is 0. The Labute approximate surface area is 141 Å². The fourth-order valence-corrected chi connectivity index (χ4v) is 4.05. The van der Waals surface area contributed by atoms with Crippen LogP contribution < -0.4 is 0 Å². The summed E-state index contributed by atoms with van der Waals surface area (Å²) in [5, 5.41) is 9.57. The van der Waals surface area contributed by atoms with Crippen molar-refractivity contribution >= 4 is 5.97 Å². The van der Waals surface area contributed by atoms with Gasteiger partial charge in [0.1, 0.15) is 6.10 Å². The number of halogens is 6. The SMILES string of the molecule is C=C(C)C(=O)OC1CC2CCC(C(O)(C(F)(F)F)C(F)(F)F)CC2C1. The topological polar surface area (TPSA) is 46.5 Å². The molecular formula is C16H20F6O3. The van der Waals surface area contributed by atoms with Crippen LogP contribution in [0.5, 0.6) is 0 Å². The number of ether oxygens (including phenoxy) is 1. The summed E-state index contributed by atoms with van der Waals surface area (Å²) < 4.78 is 83.3. The summed E-state index contributed by atoms with van der Waals surface area (Å²) >= 11 is 0. The van der Waals surface area contributed by atoms with Crippen LogP contribution in [0.25, 0.3) is 0 Å². The molecule has 144 valence electrons. The number of carbonyl (C=O) groups excluding carboxylic acids is 1. The molecule has 9 heteroatoms. The lowest BCUT2D eigenvalue weighted by Crippen LogP contribution is -2.62. The highest BCUT2D eigenvalue weighted by atomic mass is 19.4. The lowest BCUT2D eigenvalue weighted by Gasteiger charge is -2.43. The van der Waals surface area contributed by atoms with Gasteiger partial charge in [0.15, 0.2) is 0 Å². The summed E-state index contributed by atoms with van der Waals surface area (Å²) in [5.41, 5.74) is -4.53. The highest BCUT2D eigenvalue weighted by Gasteiger charge is 2.74. The Kier molecular flexibility index (Phi) is 5.20. The van der Waals surface area contributed by atoms with E-state index in [0.717, 1.165) is 0 Å². The molecule has 0 spiro atoms. The number of hydrogen-bond acceptors (Lipinski definition) is 3. The second-order valence-electron chi connectivity index (χ2n) is 7.07. The maximum absolute atomic E-state index is 13.0. The second-order valence-corrected chi connectivity index (χ2v) is 7.07. The first-order valence-electron chi connectivity index (χ1n) is 7.99. The van der Waals surface area contributed by atoms with Crippen molar-refractivity contribution in [3.63, 3.8) is 0 Å². The van der Waals surface area contributed by atoms with Crippen molar-refractivity contribution in [1.29, 1.82) is 0 Å². The molecule has 4 atom stereocenters. The van der Waals surface area contributed by atoms with Gasteiger partial charge in [-0.05, 0) is 50.9 Å². The minimum Gasteiger partial charge on any atom is -0.459 e. The van der Waals surface area contributed by atoms with Gasteiger partial charge in [-0.2, -0.15) is 26.3 Å². The quantitative estimate of drug-likeness (QED) is 0.459. The van der Waals surface area contributed by atoms with E-state index in [1.165, 1.54) is 6.92 Å². The molecule has 0 radical (unpaired) electrons. The van der Waals surface area contributed by atoms with E-state index in [0.29, 0.717) is 6.42 Å². The first-order chi connectivity index (χ1) is 11.3. The predicted octanol–water partition coefficient (Wildman–Crippen LogP) is 4.16. The maximum Gasteiger partial charge on any atom is 0.426 e. The van der Waals surface area contributed by atoms with E-state index in [-0.39, 0.29) is 30.8 Å². The van der Waals surface area contributed by atoms with Gasteiger partial charge in [0.2, 0.25) is 0 Å². The van der Waals surface area contributed by atoms with E-state index < -0.39 is 48.3 Å². The van der Waals surface area contributed by atoms with Crippen LogP contribution in [0.3, 0.4) is 0 Å². The Morgan fingerprint density at radius 1 is 1.00 bits per heavy atom. The molecule has 25 heavy (non-hydrogen) atoms. The Bertz CT molecular complexity index is 525. The van der Waals surface area contributed by atoms with Crippen LogP contribution in [0.15, 0.2) is 12.2 Å². The molecule has 0 saturated heterocycles. The van der Waals surface area contributed by atoms with E-state index >= 15 is 0 Å². The van der Waals surface area contributed by atoms with Crippen molar-refractivity contribution in [2.24, 2.45) is 17.8 Å². The summed E-state index contributed by atoms with van der Waals surface area (Å²) in [4.78, 5) is 11.5. The van der Waals surface area contributed by atoms with E-state index in [4.69, 9.17) is 4.74 Å². The molecule has 4 unspecified atom stereocenters. The highest BCUT2D eigenvalue weighted by molar-refractivity contribution is 5.87. The third kappa shape index (κ3) is 3.66. The second kappa shape index (κ2) is 6.48. The van der Waals surface area contributed by atoms with Crippen molar-refractivity contribution in [2.75, 3.05) is 0 Å². The van der Waals surface area contributed by atoms with Gasteiger partial charge >= 0.3 is 18.3 Å². The number of carbonyl (C=O) groups is 1. The Hall–Kier alpha value is -1.25. The lowest BCUT2D eigenvalue weighted by molar-refractivity contribution is -0.388. The smallest absolute Gasteiger partial charge is 0.426 e. The van der Waals surface area contributed by atoms with Gasteiger partial charge in [0, 0.05) is 11.5 Å². The van der Waals surface area contributed by atoms with Gasteiger partial charge in [0.05, 0.1) is 0 Å². The molecule has 2 aliphatic carbocycles. The third-order valence-electron chi connectivity index (χ3n) is 5.35. The van der Waals surface area contributed by atoms with E-state index in [1.54, 1.807) is 0 Å².